The lowest BCUT2D eigenvalue weighted by atomic mass is 9.95. The van der Waals surface area contributed by atoms with Crippen molar-refractivity contribution < 1.29 is 9.53 Å². The van der Waals surface area contributed by atoms with Gasteiger partial charge in [-0.2, -0.15) is 0 Å². The first kappa shape index (κ1) is 20.8. The second-order valence-electron chi connectivity index (χ2n) is 9.53. The van der Waals surface area contributed by atoms with Crippen LogP contribution < -0.4 is 10.1 Å². The third-order valence-corrected chi connectivity index (χ3v) is 8.89. The molecule has 6 rings (SSSR count). The van der Waals surface area contributed by atoms with E-state index in [-0.39, 0.29) is 12.1 Å². The van der Waals surface area contributed by atoms with E-state index in [1.807, 2.05) is 23.5 Å². The summed E-state index contributed by atoms with van der Waals surface area (Å²) in [5, 5.41) is 4.68. The van der Waals surface area contributed by atoms with Crippen molar-refractivity contribution in [1.29, 1.82) is 0 Å². The summed E-state index contributed by atoms with van der Waals surface area (Å²) in [5.41, 5.74) is 5.11. The maximum Gasteiger partial charge on any atom is 0.318 e. The molecule has 3 aliphatic rings. The molecular formula is C27H31N3O2S. The van der Waals surface area contributed by atoms with Crippen molar-refractivity contribution in [2.75, 3.05) is 7.11 Å². The molecule has 2 aromatic heterocycles. The van der Waals surface area contributed by atoms with E-state index in [0.29, 0.717) is 12.6 Å². The van der Waals surface area contributed by atoms with Crippen LogP contribution >= 0.6 is 11.3 Å². The minimum absolute atomic E-state index is 0.0547. The van der Waals surface area contributed by atoms with Crippen LogP contribution in [0.2, 0.25) is 0 Å². The minimum atomic E-state index is -0.147. The van der Waals surface area contributed by atoms with E-state index < -0.39 is 0 Å². The fraction of sp³-hybridized carbons (Fsp3) is 0.444. The van der Waals surface area contributed by atoms with E-state index in [1.54, 1.807) is 7.11 Å². The maximum atomic E-state index is 13.8. The van der Waals surface area contributed by atoms with Crippen LogP contribution in [0.25, 0.3) is 5.00 Å². The molecular weight excluding hydrogens is 430 g/mol. The molecule has 0 unspecified atom stereocenters. The van der Waals surface area contributed by atoms with Crippen molar-refractivity contribution in [2.45, 2.75) is 70.0 Å². The third-order valence-electron chi connectivity index (χ3n) is 7.55. The van der Waals surface area contributed by atoms with Crippen LogP contribution in [0.4, 0.5) is 4.79 Å². The molecule has 1 N–H and O–H groups in total. The Labute approximate surface area is 199 Å². The maximum absolute atomic E-state index is 13.8. The number of thiophene rings is 1. The van der Waals surface area contributed by atoms with Gasteiger partial charge in [0.05, 0.1) is 25.4 Å². The smallest absolute Gasteiger partial charge is 0.318 e. The fourth-order valence-corrected chi connectivity index (χ4v) is 7.26. The van der Waals surface area contributed by atoms with E-state index in [0.717, 1.165) is 36.3 Å². The Balaban J connectivity index is 1.47. The van der Waals surface area contributed by atoms with Gasteiger partial charge in [-0.3, -0.25) is 0 Å². The quantitative estimate of drug-likeness (QED) is 0.521. The van der Waals surface area contributed by atoms with Crippen LogP contribution in [0.3, 0.4) is 0 Å². The van der Waals surface area contributed by atoms with Crippen molar-refractivity contribution in [3.63, 3.8) is 0 Å². The van der Waals surface area contributed by atoms with Crippen molar-refractivity contribution in [2.24, 2.45) is 0 Å². The summed E-state index contributed by atoms with van der Waals surface area (Å²) in [6.07, 6.45) is 11.6. The first-order chi connectivity index (χ1) is 16.2. The van der Waals surface area contributed by atoms with Gasteiger partial charge in [0.1, 0.15) is 10.8 Å². The molecule has 1 aliphatic heterocycles. The number of aryl methyl sites for hydroxylation is 1. The Morgan fingerprint density at radius 2 is 1.82 bits per heavy atom. The predicted molar refractivity (Wildman–Crippen MR) is 131 cm³/mol. The van der Waals surface area contributed by atoms with Gasteiger partial charge in [0.2, 0.25) is 0 Å². The summed E-state index contributed by atoms with van der Waals surface area (Å²) < 4.78 is 7.75. The van der Waals surface area contributed by atoms with E-state index in [1.165, 1.54) is 53.1 Å². The average molecular weight is 462 g/mol. The van der Waals surface area contributed by atoms with Crippen molar-refractivity contribution >= 4 is 17.4 Å². The number of hydrogen-bond donors (Lipinski definition) is 1. The lowest BCUT2D eigenvalue weighted by Crippen LogP contribution is -2.45. The normalized spacial score (nSPS) is 20.0. The lowest BCUT2D eigenvalue weighted by molar-refractivity contribution is 0.176. The highest BCUT2D eigenvalue weighted by Gasteiger charge is 2.36. The number of rotatable bonds is 3. The SMILES string of the molecule is COc1ccc([C@@H]2c3cccn3-c3sc4c(c3CN2C(=O)NC2CCCC2)CCCC4)cc1. The largest absolute Gasteiger partial charge is 0.497 e. The van der Waals surface area contributed by atoms with Crippen LogP contribution in [0.5, 0.6) is 5.75 Å². The van der Waals surface area contributed by atoms with E-state index in [4.69, 9.17) is 4.74 Å². The number of methoxy groups -OCH3 is 1. The molecule has 0 radical (unpaired) electrons. The Morgan fingerprint density at radius 3 is 2.61 bits per heavy atom. The highest BCUT2D eigenvalue weighted by molar-refractivity contribution is 7.15. The fourth-order valence-electron chi connectivity index (χ4n) is 5.85. The van der Waals surface area contributed by atoms with E-state index in [9.17, 15) is 4.79 Å². The molecule has 1 aromatic carbocycles. The summed E-state index contributed by atoms with van der Waals surface area (Å²) in [7, 11) is 1.69. The van der Waals surface area contributed by atoms with E-state index in [2.05, 4.69) is 45.2 Å². The van der Waals surface area contributed by atoms with Crippen molar-refractivity contribution in [3.05, 3.63) is 69.9 Å². The molecule has 3 aromatic rings. The third kappa shape index (κ3) is 3.65. The molecule has 6 heteroatoms. The number of carbonyl (C=O) groups is 1. The zero-order chi connectivity index (χ0) is 22.4. The molecule has 1 atom stereocenters. The molecule has 33 heavy (non-hydrogen) atoms. The lowest BCUT2D eigenvalue weighted by Gasteiger charge is -2.32. The molecule has 1 fully saturated rings. The van der Waals surface area contributed by atoms with Crippen molar-refractivity contribution in [1.82, 2.24) is 14.8 Å². The van der Waals surface area contributed by atoms with Crippen molar-refractivity contribution in [3.8, 4) is 10.8 Å². The number of carbonyl (C=O) groups excluding carboxylic acids is 1. The highest BCUT2D eigenvalue weighted by Crippen LogP contribution is 2.44. The number of hydrogen-bond acceptors (Lipinski definition) is 3. The van der Waals surface area contributed by atoms with Crippen LogP contribution in [0.15, 0.2) is 42.6 Å². The zero-order valence-electron chi connectivity index (χ0n) is 19.2. The predicted octanol–water partition coefficient (Wildman–Crippen LogP) is 5.98. The molecule has 2 aliphatic carbocycles. The highest BCUT2D eigenvalue weighted by atomic mass is 32.1. The van der Waals surface area contributed by atoms with Gasteiger partial charge in [0.15, 0.2) is 0 Å². The number of ether oxygens (including phenoxy) is 1. The Hall–Kier alpha value is -2.73. The summed E-state index contributed by atoms with van der Waals surface area (Å²) >= 11 is 1.93. The first-order valence-corrected chi connectivity index (χ1v) is 13.1. The Bertz CT molecular complexity index is 1160. The Morgan fingerprint density at radius 1 is 1.03 bits per heavy atom. The molecule has 172 valence electrons. The molecule has 0 saturated heterocycles. The van der Waals surface area contributed by atoms with Gasteiger partial charge in [0.25, 0.3) is 0 Å². The van der Waals surface area contributed by atoms with Gasteiger partial charge in [0, 0.05) is 22.7 Å². The number of benzene rings is 1. The second kappa shape index (κ2) is 8.56. The van der Waals surface area contributed by atoms with Crippen LogP contribution in [0.1, 0.15) is 71.8 Å². The van der Waals surface area contributed by atoms with Crippen LogP contribution in [-0.2, 0) is 19.4 Å². The molecule has 3 heterocycles. The average Bonchev–Trinajstić information content (AvgIpc) is 3.58. The van der Waals surface area contributed by atoms with E-state index >= 15 is 0 Å². The van der Waals surface area contributed by atoms with Gasteiger partial charge < -0.3 is 19.5 Å². The zero-order valence-corrected chi connectivity index (χ0v) is 20.0. The molecule has 0 bridgehead atoms. The molecule has 0 spiro atoms. The summed E-state index contributed by atoms with van der Waals surface area (Å²) in [4.78, 5) is 17.4. The van der Waals surface area contributed by atoms with Crippen LogP contribution in [-0.4, -0.2) is 28.6 Å². The number of amides is 2. The number of aromatic nitrogens is 1. The topological polar surface area (TPSA) is 46.5 Å². The molecule has 2 amide bonds. The standard InChI is InChI=1S/C27H31N3O2S/c1-32-20-14-12-18(13-15-20)25-23-10-6-16-29(23)26-22(21-9-4-5-11-24(21)33-26)17-30(25)27(31)28-19-7-2-3-8-19/h6,10,12-16,19,25H,2-5,7-9,11,17H2,1H3,(H,28,31)/t25-/m1/s1. The van der Waals surface area contributed by atoms with Gasteiger partial charge in [-0.1, -0.05) is 25.0 Å². The minimum Gasteiger partial charge on any atom is -0.497 e. The first-order valence-electron chi connectivity index (χ1n) is 12.2. The Kier molecular flexibility index (Phi) is 5.41. The van der Waals surface area contributed by atoms with Gasteiger partial charge in [-0.05, 0) is 73.9 Å². The number of nitrogens with zero attached hydrogens (tertiary/aromatic N) is 2. The van der Waals surface area contributed by atoms with Crippen LogP contribution in [0, 0.1) is 0 Å². The number of nitrogens with one attached hydrogen (secondary N) is 1. The second-order valence-corrected chi connectivity index (χ2v) is 10.6. The number of fused-ring (bicyclic) bond motifs is 5. The molecule has 1 saturated carbocycles. The summed E-state index contributed by atoms with van der Waals surface area (Å²) in [6.45, 7) is 0.651. The van der Waals surface area contributed by atoms with Gasteiger partial charge in [-0.25, -0.2) is 4.79 Å². The summed E-state index contributed by atoms with van der Waals surface area (Å²) in [5.74, 6) is 0.831. The van der Waals surface area contributed by atoms with Gasteiger partial charge >= 0.3 is 6.03 Å². The number of urea groups is 1. The summed E-state index contributed by atoms with van der Waals surface area (Å²) in [6, 6.07) is 12.7. The molecule has 5 nitrogen and oxygen atoms in total. The monoisotopic (exact) mass is 461 g/mol. The van der Waals surface area contributed by atoms with Gasteiger partial charge in [-0.15, -0.1) is 11.3 Å².